The molecule has 1 saturated heterocycles. The number of hydrogen-bond donors (Lipinski definition) is 1. The highest BCUT2D eigenvalue weighted by molar-refractivity contribution is 5.13. The van der Waals surface area contributed by atoms with Gasteiger partial charge in [-0.3, -0.25) is 4.68 Å². The van der Waals surface area contributed by atoms with Gasteiger partial charge in [0.2, 0.25) is 0 Å². The van der Waals surface area contributed by atoms with Crippen LogP contribution in [0.4, 0.5) is 0 Å². The Bertz CT molecular complexity index is 689. The predicted octanol–water partition coefficient (Wildman–Crippen LogP) is 1.60. The van der Waals surface area contributed by atoms with Gasteiger partial charge >= 0.3 is 0 Å². The van der Waals surface area contributed by atoms with Crippen LogP contribution in [0.5, 0.6) is 0 Å². The topological polar surface area (TPSA) is 69.8 Å². The molecule has 1 saturated carbocycles. The molecule has 4 rings (SSSR count). The Kier molecular flexibility index (Phi) is 4.37. The summed E-state index contributed by atoms with van der Waals surface area (Å²) in [4.78, 5) is 0. The lowest BCUT2D eigenvalue weighted by atomic mass is 10.1. The molecule has 24 heavy (non-hydrogen) atoms. The lowest BCUT2D eigenvalue weighted by Crippen LogP contribution is -2.32. The average Bonchev–Trinajstić information content (AvgIpc) is 2.98. The van der Waals surface area contributed by atoms with E-state index in [9.17, 15) is 0 Å². The van der Waals surface area contributed by atoms with Gasteiger partial charge in [0.1, 0.15) is 17.8 Å². The fourth-order valence-electron chi connectivity index (χ4n) is 3.40. The minimum atomic E-state index is 0.0804. The zero-order valence-corrected chi connectivity index (χ0v) is 14.5. The Morgan fingerprint density at radius 2 is 2.08 bits per heavy atom. The predicted molar refractivity (Wildman–Crippen MR) is 89.3 cm³/mol. The third-order valence-electron chi connectivity index (χ3n) is 5.11. The van der Waals surface area contributed by atoms with Gasteiger partial charge in [0, 0.05) is 44.4 Å². The third kappa shape index (κ3) is 3.23. The number of aromatic nitrogens is 5. The second-order valence-electron chi connectivity index (χ2n) is 6.95. The number of ether oxygens (including phenoxy) is 1. The zero-order valence-electron chi connectivity index (χ0n) is 14.5. The first-order chi connectivity index (χ1) is 11.7. The summed E-state index contributed by atoms with van der Waals surface area (Å²) in [6.45, 7) is 4.64. The van der Waals surface area contributed by atoms with Gasteiger partial charge in [-0.15, -0.1) is 10.2 Å². The number of rotatable bonds is 7. The van der Waals surface area contributed by atoms with Crippen molar-refractivity contribution in [2.75, 3.05) is 6.61 Å². The van der Waals surface area contributed by atoms with Gasteiger partial charge in [0.15, 0.2) is 0 Å². The van der Waals surface area contributed by atoms with E-state index in [1.165, 1.54) is 18.4 Å². The van der Waals surface area contributed by atoms with E-state index in [2.05, 4.69) is 43.0 Å². The molecular formula is C17H26N6O. The van der Waals surface area contributed by atoms with E-state index in [1.807, 2.05) is 13.2 Å². The molecule has 7 nitrogen and oxygen atoms in total. The minimum absolute atomic E-state index is 0.0804. The van der Waals surface area contributed by atoms with Gasteiger partial charge in [0.05, 0.1) is 12.7 Å². The van der Waals surface area contributed by atoms with E-state index >= 15 is 0 Å². The van der Waals surface area contributed by atoms with Crippen molar-refractivity contribution < 1.29 is 4.74 Å². The Morgan fingerprint density at radius 3 is 2.83 bits per heavy atom. The Labute approximate surface area is 142 Å². The molecule has 0 aromatic carbocycles. The lowest BCUT2D eigenvalue weighted by molar-refractivity contribution is 0.0982. The first-order valence-corrected chi connectivity index (χ1v) is 8.99. The van der Waals surface area contributed by atoms with Gasteiger partial charge in [-0.1, -0.05) is 6.92 Å². The normalized spacial score (nSPS) is 23.9. The highest BCUT2D eigenvalue weighted by atomic mass is 16.5. The lowest BCUT2D eigenvalue weighted by Gasteiger charge is -2.18. The molecule has 130 valence electrons. The summed E-state index contributed by atoms with van der Waals surface area (Å²) in [6, 6.07) is 0.297. The van der Waals surface area contributed by atoms with Crippen LogP contribution in [0.1, 0.15) is 49.5 Å². The van der Waals surface area contributed by atoms with Gasteiger partial charge in [0.25, 0.3) is 0 Å². The minimum Gasteiger partial charge on any atom is -0.372 e. The van der Waals surface area contributed by atoms with Gasteiger partial charge in [-0.2, -0.15) is 5.10 Å². The van der Waals surface area contributed by atoms with Crippen LogP contribution in [-0.2, 0) is 31.3 Å². The summed E-state index contributed by atoms with van der Waals surface area (Å²) in [6.07, 6.45) is 8.80. The number of aryl methyl sites for hydroxylation is 1. The molecule has 2 aliphatic rings. The average molecular weight is 330 g/mol. The molecule has 1 aliphatic carbocycles. The Balaban J connectivity index is 1.38. The number of nitrogens with zero attached hydrogens (tertiary/aromatic N) is 5. The van der Waals surface area contributed by atoms with E-state index in [-0.39, 0.29) is 6.10 Å². The summed E-state index contributed by atoms with van der Waals surface area (Å²) in [5.74, 6) is 2.83. The van der Waals surface area contributed by atoms with E-state index in [0.29, 0.717) is 12.6 Å². The monoisotopic (exact) mass is 330 g/mol. The molecule has 0 spiro atoms. The second-order valence-corrected chi connectivity index (χ2v) is 6.95. The fraction of sp³-hybridized carbons (Fsp3) is 0.706. The molecule has 3 heterocycles. The van der Waals surface area contributed by atoms with Crippen molar-refractivity contribution >= 4 is 0 Å². The fourth-order valence-corrected chi connectivity index (χ4v) is 3.40. The van der Waals surface area contributed by atoms with Crippen LogP contribution in [0, 0.1) is 5.92 Å². The van der Waals surface area contributed by atoms with Crippen LogP contribution >= 0.6 is 0 Å². The third-order valence-corrected chi connectivity index (χ3v) is 5.11. The summed E-state index contributed by atoms with van der Waals surface area (Å²) >= 11 is 0. The molecule has 7 heteroatoms. The summed E-state index contributed by atoms with van der Waals surface area (Å²) < 4.78 is 10.1. The van der Waals surface area contributed by atoms with Crippen LogP contribution in [0.25, 0.3) is 0 Å². The van der Waals surface area contributed by atoms with Crippen molar-refractivity contribution in [1.82, 2.24) is 29.9 Å². The van der Waals surface area contributed by atoms with Crippen LogP contribution in [0.3, 0.4) is 0 Å². The van der Waals surface area contributed by atoms with E-state index < -0.39 is 0 Å². The van der Waals surface area contributed by atoms with E-state index in [4.69, 9.17) is 4.74 Å². The molecule has 0 amide bonds. The van der Waals surface area contributed by atoms with Crippen LogP contribution in [0.15, 0.2) is 12.4 Å². The molecule has 0 unspecified atom stereocenters. The van der Waals surface area contributed by atoms with Gasteiger partial charge in [-0.05, 0) is 25.2 Å². The maximum atomic E-state index is 5.97. The molecule has 1 N–H and O–H groups in total. The van der Waals surface area contributed by atoms with E-state index in [1.54, 1.807) is 0 Å². The van der Waals surface area contributed by atoms with E-state index in [0.717, 1.165) is 43.6 Å². The standard InChI is InChI=1S/C17H26N6O/c1-3-15-20-21-16(22(15)2)9-18-14-6-7-24-17(14)13-8-19-23(11-13)10-12-4-5-12/h8,11-12,14,17-18H,3-7,9-10H2,1-2H3/t14-,17+/m0/s1. The first-order valence-electron chi connectivity index (χ1n) is 8.99. The molecule has 0 bridgehead atoms. The maximum absolute atomic E-state index is 5.97. The van der Waals surface area contributed by atoms with Crippen LogP contribution in [-0.4, -0.2) is 37.2 Å². The summed E-state index contributed by atoms with van der Waals surface area (Å²) in [5.41, 5.74) is 1.18. The van der Waals surface area contributed by atoms with Gasteiger partial charge < -0.3 is 14.6 Å². The zero-order chi connectivity index (χ0) is 16.5. The molecule has 0 radical (unpaired) electrons. The molecule has 2 aromatic heterocycles. The van der Waals surface area contributed by atoms with Crippen molar-refractivity contribution in [2.24, 2.45) is 13.0 Å². The SMILES string of the molecule is CCc1nnc(CN[C@H]2CCO[C@@H]2c2cnn(CC3CC3)c2)n1C. The smallest absolute Gasteiger partial charge is 0.146 e. The quantitative estimate of drug-likeness (QED) is 0.835. The Morgan fingerprint density at radius 1 is 1.25 bits per heavy atom. The van der Waals surface area contributed by atoms with Crippen molar-refractivity contribution in [3.05, 3.63) is 29.6 Å². The highest BCUT2D eigenvalue weighted by Gasteiger charge is 2.31. The summed E-state index contributed by atoms with van der Waals surface area (Å²) in [5, 5.41) is 16.6. The summed E-state index contributed by atoms with van der Waals surface area (Å²) in [7, 11) is 2.03. The molecule has 1 aliphatic heterocycles. The second kappa shape index (κ2) is 6.64. The maximum Gasteiger partial charge on any atom is 0.146 e. The van der Waals surface area contributed by atoms with Crippen molar-refractivity contribution in [2.45, 2.75) is 57.8 Å². The molecule has 2 aromatic rings. The Hall–Kier alpha value is -1.73. The largest absolute Gasteiger partial charge is 0.372 e. The van der Waals surface area contributed by atoms with Gasteiger partial charge in [-0.25, -0.2) is 0 Å². The molecular weight excluding hydrogens is 304 g/mol. The van der Waals surface area contributed by atoms with Crippen molar-refractivity contribution in [3.63, 3.8) is 0 Å². The number of nitrogens with one attached hydrogen (secondary N) is 1. The first kappa shape index (κ1) is 15.8. The number of hydrogen-bond acceptors (Lipinski definition) is 5. The van der Waals surface area contributed by atoms with Crippen molar-refractivity contribution in [3.8, 4) is 0 Å². The molecule has 2 atom stereocenters. The van der Waals surface area contributed by atoms with Crippen molar-refractivity contribution in [1.29, 1.82) is 0 Å². The highest BCUT2D eigenvalue weighted by Crippen LogP contribution is 2.32. The van der Waals surface area contributed by atoms with Crippen LogP contribution in [0.2, 0.25) is 0 Å². The van der Waals surface area contributed by atoms with Crippen LogP contribution < -0.4 is 5.32 Å². The molecule has 2 fully saturated rings.